The molecule has 3 atom stereocenters. The van der Waals surface area contributed by atoms with Crippen LogP contribution in [0.4, 0.5) is 0 Å². The Bertz CT molecular complexity index is 283. The Morgan fingerprint density at radius 2 is 2.27 bits per heavy atom. The molecule has 2 nitrogen and oxygen atoms in total. The van der Waals surface area contributed by atoms with Gasteiger partial charge < -0.3 is 5.32 Å². The first-order chi connectivity index (χ1) is 7.09. The maximum absolute atomic E-state index is 6.52. The minimum atomic E-state index is -0.258. The second kappa shape index (κ2) is 4.28. The van der Waals surface area contributed by atoms with Crippen LogP contribution < -0.4 is 5.32 Å². The summed E-state index contributed by atoms with van der Waals surface area (Å²) in [5.74, 6) is 0. The molecule has 2 aliphatic rings. The van der Waals surface area contributed by atoms with Crippen LogP contribution in [-0.2, 0) is 0 Å². The van der Waals surface area contributed by atoms with Crippen molar-refractivity contribution in [3.05, 3.63) is 24.3 Å². The Morgan fingerprint density at radius 3 is 2.93 bits per heavy atom. The standard InChI is InChI=1S/C12H19ClN2/c1-10-9-15(8-7-14-10)11-5-3-4-6-12(11,2)13/h3-6,10-11,14H,7-9H2,1-2H3/t10-,11?,12?/m1/s1. The Kier molecular flexibility index (Phi) is 3.19. The van der Waals surface area contributed by atoms with Crippen molar-refractivity contribution >= 4 is 11.6 Å². The predicted molar refractivity (Wildman–Crippen MR) is 65.4 cm³/mol. The van der Waals surface area contributed by atoms with E-state index in [1.165, 1.54) is 0 Å². The molecule has 0 radical (unpaired) electrons. The average molecular weight is 227 g/mol. The normalized spacial score (nSPS) is 42.1. The van der Waals surface area contributed by atoms with Crippen molar-refractivity contribution in [3.63, 3.8) is 0 Å². The number of piperazine rings is 1. The van der Waals surface area contributed by atoms with Gasteiger partial charge in [0.1, 0.15) is 0 Å². The van der Waals surface area contributed by atoms with E-state index in [9.17, 15) is 0 Å². The van der Waals surface area contributed by atoms with Gasteiger partial charge in [-0.25, -0.2) is 0 Å². The molecule has 1 heterocycles. The van der Waals surface area contributed by atoms with Crippen molar-refractivity contribution in [2.75, 3.05) is 19.6 Å². The van der Waals surface area contributed by atoms with Gasteiger partial charge in [-0.05, 0) is 13.8 Å². The van der Waals surface area contributed by atoms with Crippen molar-refractivity contribution in [1.82, 2.24) is 10.2 Å². The molecule has 1 aliphatic heterocycles. The van der Waals surface area contributed by atoms with Gasteiger partial charge in [0.05, 0.1) is 10.9 Å². The molecule has 84 valence electrons. The van der Waals surface area contributed by atoms with Crippen molar-refractivity contribution in [2.45, 2.75) is 30.8 Å². The smallest absolute Gasteiger partial charge is 0.0791 e. The number of rotatable bonds is 1. The molecule has 2 rings (SSSR count). The molecule has 2 unspecified atom stereocenters. The van der Waals surface area contributed by atoms with Crippen LogP contribution in [0.5, 0.6) is 0 Å². The highest BCUT2D eigenvalue weighted by atomic mass is 35.5. The fourth-order valence-electron chi connectivity index (χ4n) is 2.39. The second-order valence-electron chi connectivity index (χ2n) is 4.69. The SMILES string of the molecule is C[C@@H]1CN(C2C=CC=CC2(C)Cl)CCN1. The molecule has 1 N–H and O–H groups in total. The maximum Gasteiger partial charge on any atom is 0.0791 e. The monoisotopic (exact) mass is 226 g/mol. The van der Waals surface area contributed by atoms with E-state index in [4.69, 9.17) is 11.6 Å². The summed E-state index contributed by atoms with van der Waals surface area (Å²) in [6, 6.07) is 0.888. The molecule has 1 fully saturated rings. The van der Waals surface area contributed by atoms with Gasteiger partial charge in [0, 0.05) is 25.7 Å². The van der Waals surface area contributed by atoms with Gasteiger partial charge in [-0.15, -0.1) is 11.6 Å². The molecule has 0 bridgehead atoms. The highest BCUT2D eigenvalue weighted by molar-refractivity contribution is 6.25. The summed E-state index contributed by atoms with van der Waals surface area (Å²) >= 11 is 6.52. The maximum atomic E-state index is 6.52. The highest BCUT2D eigenvalue weighted by Gasteiger charge is 2.35. The van der Waals surface area contributed by atoms with Crippen LogP contribution in [0.25, 0.3) is 0 Å². The van der Waals surface area contributed by atoms with Gasteiger partial charge in [-0.1, -0.05) is 24.3 Å². The molecule has 3 heteroatoms. The largest absolute Gasteiger partial charge is 0.312 e. The summed E-state index contributed by atoms with van der Waals surface area (Å²) in [7, 11) is 0. The molecule has 0 aromatic heterocycles. The van der Waals surface area contributed by atoms with Crippen LogP contribution in [0.15, 0.2) is 24.3 Å². The lowest BCUT2D eigenvalue weighted by Crippen LogP contribution is -2.57. The Labute approximate surface area is 97.0 Å². The third kappa shape index (κ3) is 2.44. The van der Waals surface area contributed by atoms with Gasteiger partial charge >= 0.3 is 0 Å². The molecule has 0 amide bonds. The zero-order chi connectivity index (χ0) is 10.9. The molecule has 1 saturated heterocycles. The van der Waals surface area contributed by atoms with Crippen LogP contribution in [0, 0.1) is 0 Å². The molecule has 0 aromatic rings. The molecular weight excluding hydrogens is 208 g/mol. The Morgan fingerprint density at radius 1 is 1.47 bits per heavy atom. The van der Waals surface area contributed by atoms with Crippen molar-refractivity contribution < 1.29 is 0 Å². The molecule has 15 heavy (non-hydrogen) atoms. The number of hydrogen-bond acceptors (Lipinski definition) is 2. The first kappa shape index (κ1) is 11.2. The first-order valence-corrected chi connectivity index (χ1v) is 6.00. The zero-order valence-corrected chi connectivity index (χ0v) is 10.2. The fraction of sp³-hybridized carbons (Fsp3) is 0.667. The quantitative estimate of drug-likeness (QED) is 0.686. The van der Waals surface area contributed by atoms with E-state index in [-0.39, 0.29) is 4.87 Å². The lowest BCUT2D eigenvalue weighted by molar-refractivity contribution is 0.158. The van der Waals surface area contributed by atoms with E-state index in [0.717, 1.165) is 19.6 Å². The number of alkyl halides is 1. The number of nitrogens with one attached hydrogen (secondary N) is 1. The molecule has 1 aliphatic carbocycles. The van der Waals surface area contributed by atoms with Crippen molar-refractivity contribution in [2.24, 2.45) is 0 Å². The minimum Gasteiger partial charge on any atom is -0.312 e. The summed E-state index contributed by atoms with van der Waals surface area (Å²) in [6.07, 6.45) is 8.44. The summed E-state index contributed by atoms with van der Waals surface area (Å²) in [6.45, 7) is 7.52. The average Bonchev–Trinajstić information content (AvgIpc) is 2.17. The third-order valence-corrected chi connectivity index (χ3v) is 3.55. The van der Waals surface area contributed by atoms with Gasteiger partial charge in [0.25, 0.3) is 0 Å². The van der Waals surface area contributed by atoms with Crippen LogP contribution >= 0.6 is 11.6 Å². The number of halogens is 1. The third-order valence-electron chi connectivity index (χ3n) is 3.20. The number of hydrogen-bond donors (Lipinski definition) is 1. The Balaban J connectivity index is 2.09. The van der Waals surface area contributed by atoms with Crippen LogP contribution in [0.1, 0.15) is 13.8 Å². The fourth-order valence-corrected chi connectivity index (χ4v) is 2.68. The summed E-state index contributed by atoms with van der Waals surface area (Å²) < 4.78 is 0. The van der Waals surface area contributed by atoms with Gasteiger partial charge in [-0.3, -0.25) is 4.90 Å². The topological polar surface area (TPSA) is 15.3 Å². The molecular formula is C12H19ClN2. The van der Waals surface area contributed by atoms with Crippen LogP contribution in [0.2, 0.25) is 0 Å². The minimum absolute atomic E-state index is 0.258. The van der Waals surface area contributed by atoms with Crippen LogP contribution in [-0.4, -0.2) is 41.5 Å². The van der Waals surface area contributed by atoms with E-state index in [2.05, 4.69) is 42.3 Å². The van der Waals surface area contributed by atoms with E-state index < -0.39 is 0 Å². The Hall–Kier alpha value is -0.310. The van der Waals surface area contributed by atoms with E-state index in [1.54, 1.807) is 0 Å². The van der Waals surface area contributed by atoms with E-state index >= 15 is 0 Å². The van der Waals surface area contributed by atoms with Crippen LogP contribution in [0.3, 0.4) is 0 Å². The first-order valence-electron chi connectivity index (χ1n) is 5.62. The zero-order valence-electron chi connectivity index (χ0n) is 9.41. The van der Waals surface area contributed by atoms with Gasteiger partial charge in [0.2, 0.25) is 0 Å². The summed E-state index contributed by atoms with van der Waals surface area (Å²) in [4.78, 5) is 2.21. The lowest BCUT2D eigenvalue weighted by atomic mass is 9.93. The number of allylic oxidation sites excluding steroid dienone is 2. The van der Waals surface area contributed by atoms with E-state index in [0.29, 0.717) is 12.1 Å². The summed E-state index contributed by atoms with van der Waals surface area (Å²) in [5.41, 5.74) is 0. The highest BCUT2D eigenvalue weighted by Crippen LogP contribution is 2.29. The van der Waals surface area contributed by atoms with E-state index in [1.807, 2.05) is 6.08 Å². The van der Waals surface area contributed by atoms with Gasteiger partial charge in [-0.2, -0.15) is 0 Å². The predicted octanol–water partition coefficient (Wildman–Crippen LogP) is 1.77. The van der Waals surface area contributed by atoms with Crippen molar-refractivity contribution in [3.8, 4) is 0 Å². The molecule has 0 spiro atoms. The van der Waals surface area contributed by atoms with Gasteiger partial charge in [0.15, 0.2) is 0 Å². The second-order valence-corrected chi connectivity index (χ2v) is 5.50. The number of nitrogens with zero attached hydrogens (tertiary/aromatic N) is 1. The lowest BCUT2D eigenvalue weighted by Gasteiger charge is -2.42. The van der Waals surface area contributed by atoms with Crippen molar-refractivity contribution in [1.29, 1.82) is 0 Å². The molecule has 0 aromatic carbocycles. The summed E-state index contributed by atoms with van der Waals surface area (Å²) in [5, 5.41) is 3.45. The molecule has 0 saturated carbocycles.